The Hall–Kier alpha value is -1.51. The van der Waals surface area contributed by atoms with Gasteiger partial charge in [0.15, 0.2) is 0 Å². The number of nitrogens with one attached hydrogen (secondary N) is 1. The maximum absolute atomic E-state index is 12.5. The highest BCUT2D eigenvalue weighted by Crippen LogP contribution is 2.28. The highest BCUT2D eigenvalue weighted by molar-refractivity contribution is 7.91. The average molecular weight is 353 g/mol. The first-order valence-corrected chi connectivity index (χ1v) is 9.97. The van der Waals surface area contributed by atoms with Crippen molar-refractivity contribution in [3.8, 4) is 11.3 Å². The summed E-state index contributed by atoms with van der Waals surface area (Å²) in [4.78, 5) is 11.4. The van der Waals surface area contributed by atoms with Crippen LogP contribution in [0.25, 0.3) is 11.3 Å². The Labute approximate surface area is 139 Å². The van der Waals surface area contributed by atoms with Crippen molar-refractivity contribution in [1.29, 1.82) is 0 Å². The van der Waals surface area contributed by atoms with Crippen LogP contribution in [0.2, 0.25) is 0 Å². The van der Waals surface area contributed by atoms with Crippen LogP contribution < -0.4 is 10.3 Å². The molecule has 0 radical (unpaired) electrons. The summed E-state index contributed by atoms with van der Waals surface area (Å²) >= 11 is 1.17. The molecule has 0 saturated heterocycles. The smallest absolute Gasteiger partial charge is 0.266 e. The van der Waals surface area contributed by atoms with E-state index in [1.807, 2.05) is 0 Å². The molecule has 1 saturated carbocycles. The molecule has 0 amide bonds. The van der Waals surface area contributed by atoms with E-state index in [1.54, 1.807) is 24.6 Å². The number of aromatic nitrogens is 2. The first-order valence-electron chi connectivity index (χ1n) is 7.61. The first kappa shape index (κ1) is 16.4. The lowest BCUT2D eigenvalue weighted by Gasteiger charge is -2.22. The van der Waals surface area contributed by atoms with Gasteiger partial charge in [0.05, 0.1) is 5.69 Å². The zero-order valence-electron chi connectivity index (χ0n) is 12.9. The predicted molar refractivity (Wildman–Crippen MR) is 90.0 cm³/mol. The van der Waals surface area contributed by atoms with E-state index in [9.17, 15) is 13.2 Å². The fourth-order valence-electron chi connectivity index (χ4n) is 2.75. The van der Waals surface area contributed by atoms with Gasteiger partial charge in [0, 0.05) is 30.1 Å². The minimum Gasteiger partial charge on any atom is -0.268 e. The monoisotopic (exact) mass is 353 g/mol. The van der Waals surface area contributed by atoms with Crippen molar-refractivity contribution in [2.75, 3.05) is 0 Å². The van der Waals surface area contributed by atoms with Gasteiger partial charge in [0.1, 0.15) is 4.21 Å². The number of thiophene rings is 1. The molecule has 124 valence electrons. The summed E-state index contributed by atoms with van der Waals surface area (Å²) in [5.41, 5.74) is 1.09. The van der Waals surface area contributed by atoms with Crippen molar-refractivity contribution in [2.24, 2.45) is 7.05 Å². The zero-order chi connectivity index (χ0) is 16.4. The molecule has 1 aliphatic rings. The standard InChI is InChI=1S/C15H19N3O3S2/c1-18-14(19)8-7-13(16-18)11-9-15(22-10-11)23(20,21)17-12-5-3-2-4-6-12/h7-10,12,17H,2-6H2,1H3. The Morgan fingerprint density at radius 2 is 2.00 bits per heavy atom. The molecule has 3 rings (SSSR count). The maximum atomic E-state index is 12.5. The number of aryl methyl sites for hydroxylation is 1. The summed E-state index contributed by atoms with van der Waals surface area (Å²) in [6, 6.07) is 4.68. The number of sulfonamides is 1. The molecule has 1 N–H and O–H groups in total. The van der Waals surface area contributed by atoms with Gasteiger partial charge < -0.3 is 0 Å². The third-order valence-corrected chi connectivity index (χ3v) is 6.98. The molecule has 23 heavy (non-hydrogen) atoms. The van der Waals surface area contributed by atoms with Crippen molar-refractivity contribution in [3.05, 3.63) is 33.9 Å². The Bertz CT molecular complexity index is 849. The molecule has 6 nitrogen and oxygen atoms in total. The summed E-state index contributed by atoms with van der Waals surface area (Å²) in [5.74, 6) is 0. The quantitative estimate of drug-likeness (QED) is 0.913. The van der Waals surface area contributed by atoms with E-state index in [0.717, 1.165) is 25.7 Å². The minimum atomic E-state index is -3.49. The molecule has 1 aliphatic carbocycles. The van der Waals surface area contributed by atoms with Gasteiger partial charge in [-0.3, -0.25) is 4.79 Å². The molecule has 8 heteroatoms. The molecule has 0 spiro atoms. The van der Waals surface area contributed by atoms with Crippen LogP contribution in [0.3, 0.4) is 0 Å². The van der Waals surface area contributed by atoms with Crippen molar-refractivity contribution < 1.29 is 8.42 Å². The molecule has 2 aromatic rings. The van der Waals surface area contributed by atoms with Crippen LogP contribution in [0.1, 0.15) is 32.1 Å². The van der Waals surface area contributed by atoms with Crippen LogP contribution in [0.4, 0.5) is 0 Å². The van der Waals surface area contributed by atoms with Crippen molar-refractivity contribution in [2.45, 2.75) is 42.4 Å². The van der Waals surface area contributed by atoms with Crippen molar-refractivity contribution >= 4 is 21.4 Å². The SMILES string of the molecule is Cn1nc(-c2csc(S(=O)(=O)NC3CCCCC3)c2)ccc1=O. The predicted octanol–water partition coefficient (Wildman–Crippen LogP) is 2.12. The summed E-state index contributed by atoms with van der Waals surface area (Å²) < 4.78 is 29.3. The number of hydrogen-bond donors (Lipinski definition) is 1. The molecule has 0 bridgehead atoms. The lowest BCUT2D eigenvalue weighted by molar-refractivity contribution is 0.412. The van der Waals surface area contributed by atoms with Gasteiger partial charge in [-0.15, -0.1) is 11.3 Å². The fourth-order valence-corrected chi connectivity index (χ4v) is 5.24. The fraction of sp³-hybridized carbons (Fsp3) is 0.467. The van der Waals surface area contributed by atoms with Crippen LogP contribution in [0, 0.1) is 0 Å². The van der Waals surface area contributed by atoms with Crippen molar-refractivity contribution in [1.82, 2.24) is 14.5 Å². The van der Waals surface area contributed by atoms with Crippen LogP contribution in [-0.4, -0.2) is 24.2 Å². The van der Waals surface area contributed by atoms with E-state index in [4.69, 9.17) is 0 Å². The molecule has 0 aliphatic heterocycles. The molecule has 0 unspecified atom stereocenters. The maximum Gasteiger partial charge on any atom is 0.266 e. The molecular weight excluding hydrogens is 334 g/mol. The van der Waals surface area contributed by atoms with E-state index in [1.165, 1.54) is 28.5 Å². The highest BCUT2D eigenvalue weighted by Gasteiger charge is 2.23. The van der Waals surface area contributed by atoms with Gasteiger partial charge in [-0.1, -0.05) is 19.3 Å². The van der Waals surface area contributed by atoms with E-state index >= 15 is 0 Å². The van der Waals surface area contributed by atoms with Gasteiger partial charge in [-0.05, 0) is 25.0 Å². The average Bonchev–Trinajstić information content (AvgIpc) is 3.01. The lowest BCUT2D eigenvalue weighted by atomic mass is 9.96. The Balaban J connectivity index is 1.82. The van der Waals surface area contributed by atoms with Gasteiger partial charge in [-0.25, -0.2) is 17.8 Å². The van der Waals surface area contributed by atoms with Gasteiger partial charge in [0.25, 0.3) is 5.56 Å². The number of nitrogens with zero attached hydrogens (tertiary/aromatic N) is 2. The summed E-state index contributed by atoms with van der Waals surface area (Å²) in [6.07, 6.45) is 5.13. The normalized spacial score (nSPS) is 16.6. The molecule has 2 aromatic heterocycles. The molecular formula is C15H19N3O3S2. The molecule has 2 heterocycles. The topological polar surface area (TPSA) is 81.1 Å². The first-order chi connectivity index (χ1) is 11.0. The largest absolute Gasteiger partial charge is 0.268 e. The van der Waals surface area contributed by atoms with Crippen LogP contribution >= 0.6 is 11.3 Å². The van der Waals surface area contributed by atoms with E-state index < -0.39 is 10.0 Å². The van der Waals surface area contributed by atoms with Crippen LogP contribution in [0.15, 0.2) is 32.6 Å². The molecule has 0 aromatic carbocycles. The third kappa shape index (κ3) is 3.70. The van der Waals surface area contributed by atoms with Crippen LogP contribution in [-0.2, 0) is 17.1 Å². The summed E-state index contributed by atoms with van der Waals surface area (Å²) in [6.45, 7) is 0. The minimum absolute atomic E-state index is 0.0370. The zero-order valence-corrected chi connectivity index (χ0v) is 14.5. The Morgan fingerprint density at radius 1 is 1.26 bits per heavy atom. The second-order valence-electron chi connectivity index (χ2n) is 5.79. The Morgan fingerprint density at radius 3 is 2.70 bits per heavy atom. The third-order valence-electron chi connectivity index (χ3n) is 4.02. The van der Waals surface area contributed by atoms with Gasteiger partial charge in [-0.2, -0.15) is 5.10 Å². The molecule has 1 fully saturated rings. The van der Waals surface area contributed by atoms with E-state index in [-0.39, 0.29) is 15.8 Å². The number of rotatable bonds is 4. The van der Waals surface area contributed by atoms with Gasteiger partial charge in [0.2, 0.25) is 10.0 Å². The lowest BCUT2D eigenvalue weighted by Crippen LogP contribution is -2.35. The van der Waals surface area contributed by atoms with Crippen LogP contribution in [0.5, 0.6) is 0 Å². The summed E-state index contributed by atoms with van der Waals surface area (Å²) in [5, 5.41) is 5.90. The van der Waals surface area contributed by atoms with Crippen molar-refractivity contribution in [3.63, 3.8) is 0 Å². The highest BCUT2D eigenvalue weighted by atomic mass is 32.2. The van der Waals surface area contributed by atoms with E-state index in [2.05, 4.69) is 9.82 Å². The van der Waals surface area contributed by atoms with E-state index in [0.29, 0.717) is 11.3 Å². The van der Waals surface area contributed by atoms with Gasteiger partial charge >= 0.3 is 0 Å². The molecule has 0 atom stereocenters. The second-order valence-corrected chi connectivity index (χ2v) is 8.64. The second kappa shape index (κ2) is 6.54. The number of hydrogen-bond acceptors (Lipinski definition) is 5. The summed E-state index contributed by atoms with van der Waals surface area (Å²) in [7, 11) is -1.92. The Kier molecular flexibility index (Phi) is 4.65.